The maximum Gasteiger partial charge on any atom is 0.249 e. The molecule has 0 N–H and O–H groups in total. The average Bonchev–Trinajstić information content (AvgIpc) is 2.57. The molecule has 4 nitrogen and oxygen atoms in total. The van der Waals surface area contributed by atoms with Crippen molar-refractivity contribution in [1.82, 2.24) is 9.80 Å². The smallest absolute Gasteiger partial charge is 0.249 e. The van der Waals surface area contributed by atoms with Gasteiger partial charge in [0.25, 0.3) is 0 Å². The van der Waals surface area contributed by atoms with Gasteiger partial charge in [-0.25, -0.2) is 0 Å². The number of hydrogen-bond acceptors (Lipinski definition) is 3. The normalized spacial score (nSPS) is 22.5. The summed E-state index contributed by atoms with van der Waals surface area (Å²) >= 11 is 0. The summed E-state index contributed by atoms with van der Waals surface area (Å²) < 4.78 is 4.84. The highest BCUT2D eigenvalue weighted by Gasteiger charge is 2.32. The molecule has 1 aliphatic heterocycles. The molecule has 1 aromatic carbocycles. The third-order valence-corrected chi connectivity index (χ3v) is 4.78. The first-order valence-corrected chi connectivity index (χ1v) is 8.41. The summed E-state index contributed by atoms with van der Waals surface area (Å²) in [6, 6.07) is 11.2. The number of carbonyl (C=O) groups excluding carboxylic acids is 1. The van der Waals surface area contributed by atoms with Crippen LogP contribution in [-0.4, -0.2) is 54.5 Å². The van der Waals surface area contributed by atoms with Crippen LogP contribution in [0.15, 0.2) is 42.7 Å². The van der Waals surface area contributed by atoms with E-state index in [-0.39, 0.29) is 11.9 Å². The summed E-state index contributed by atoms with van der Waals surface area (Å²) in [7, 11) is 1.56. The molecule has 1 heterocycles. The molecule has 1 aromatic rings. The van der Waals surface area contributed by atoms with Crippen LogP contribution in [0.4, 0.5) is 0 Å². The Hall–Kier alpha value is -1.81. The van der Waals surface area contributed by atoms with Gasteiger partial charge in [0.2, 0.25) is 5.91 Å². The van der Waals surface area contributed by atoms with E-state index in [1.807, 2.05) is 4.90 Å². The molecule has 2 rings (SSSR count). The molecule has 1 aliphatic rings. The van der Waals surface area contributed by atoms with E-state index in [9.17, 15) is 4.79 Å². The van der Waals surface area contributed by atoms with Crippen LogP contribution in [0.5, 0.6) is 0 Å². The predicted molar refractivity (Wildman–Crippen MR) is 93.1 cm³/mol. The molecule has 0 spiro atoms. The molecule has 0 saturated carbocycles. The van der Waals surface area contributed by atoms with Crippen molar-refractivity contribution in [2.45, 2.75) is 38.8 Å². The van der Waals surface area contributed by atoms with E-state index < -0.39 is 0 Å². The fourth-order valence-corrected chi connectivity index (χ4v) is 3.19. The molecule has 0 aliphatic carbocycles. The lowest BCUT2D eigenvalue weighted by Crippen LogP contribution is -2.58. The molecule has 0 aromatic heterocycles. The number of rotatable bonds is 6. The van der Waals surface area contributed by atoms with Gasteiger partial charge < -0.3 is 9.64 Å². The van der Waals surface area contributed by atoms with Crippen molar-refractivity contribution in [1.29, 1.82) is 0 Å². The Morgan fingerprint density at radius 3 is 2.65 bits per heavy atom. The molecule has 0 unspecified atom stereocenters. The number of methoxy groups -OCH3 is 1. The van der Waals surface area contributed by atoms with Crippen LogP contribution in [0.25, 0.3) is 0 Å². The Morgan fingerprint density at radius 1 is 1.22 bits per heavy atom. The highest BCUT2D eigenvalue weighted by atomic mass is 16.5. The minimum atomic E-state index is 0.0372. The summed E-state index contributed by atoms with van der Waals surface area (Å²) in [4.78, 5) is 16.6. The van der Waals surface area contributed by atoms with Crippen LogP contribution >= 0.6 is 0 Å². The third kappa shape index (κ3) is 4.83. The molecule has 126 valence electrons. The molecule has 1 amide bonds. The standard InChI is InChI=1S/C19H28N2O2/c1-16-17(2)21(19(22)11-15-23-3)14-13-20(16)12-7-10-18-8-5-4-6-9-18/h4-6,8-9,11,15-17H,7,10,12-14H2,1-3H3/b15-11+/t16-,17-/m0/s1. The lowest BCUT2D eigenvalue weighted by atomic mass is 10.0. The zero-order chi connectivity index (χ0) is 16.7. The Kier molecular flexibility index (Phi) is 6.66. The third-order valence-electron chi connectivity index (χ3n) is 4.78. The molecule has 4 heteroatoms. The highest BCUT2D eigenvalue weighted by Crippen LogP contribution is 2.18. The second-order valence-corrected chi connectivity index (χ2v) is 6.18. The van der Waals surface area contributed by atoms with Gasteiger partial charge in [-0.2, -0.15) is 0 Å². The largest absolute Gasteiger partial charge is 0.504 e. The SMILES string of the molecule is CO/C=C/C(=O)N1CCN(CCCc2ccccc2)[C@@H](C)[C@@H]1C. The van der Waals surface area contributed by atoms with Gasteiger partial charge >= 0.3 is 0 Å². The van der Waals surface area contributed by atoms with Crippen LogP contribution in [-0.2, 0) is 16.0 Å². The fourth-order valence-electron chi connectivity index (χ4n) is 3.19. The Balaban J connectivity index is 1.82. The second kappa shape index (κ2) is 8.73. The molecule has 1 saturated heterocycles. The maximum absolute atomic E-state index is 12.2. The number of piperazine rings is 1. The van der Waals surface area contributed by atoms with Crippen molar-refractivity contribution in [2.24, 2.45) is 0 Å². The quantitative estimate of drug-likeness (QED) is 0.597. The number of amides is 1. The second-order valence-electron chi connectivity index (χ2n) is 6.18. The van der Waals surface area contributed by atoms with Crippen LogP contribution < -0.4 is 0 Å². The van der Waals surface area contributed by atoms with Gasteiger partial charge in [0.1, 0.15) is 0 Å². The van der Waals surface area contributed by atoms with Crippen molar-refractivity contribution in [2.75, 3.05) is 26.7 Å². The summed E-state index contributed by atoms with van der Waals surface area (Å²) in [5.41, 5.74) is 1.40. The number of nitrogens with zero attached hydrogens (tertiary/aromatic N) is 2. The van der Waals surface area contributed by atoms with Crippen molar-refractivity contribution in [3.8, 4) is 0 Å². The van der Waals surface area contributed by atoms with Gasteiger partial charge in [-0.15, -0.1) is 0 Å². The monoisotopic (exact) mass is 316 g/mol. The topological polar surface area (TPSA) is 32.8 Å². The summed E-state index contributed by atoms with van der Waals surface area (Å²) in [5, 5.41) is 0. The van der Waals surface area contributed by atoms with Crippen molar-refractivity contribution >= 4 is 5.91 Å². The molecular weight excluding hydrogens is 288 g/mol. The lowest BCUT2D eigenvalue weighted by Gasteiger charge is -2.44. The zero-order valence-electron chi connectivity index (χ0n) is 14.4. The molecule has 23 heavy (non-hydrogen) atoms. The summed E-state index contributed by atoms with van der Waals surface area (Å²) in [6.07, 6.45) is 5.22. The molecule has 0 bridgehead atoms. The van der Waals surface area contributed by atoms with Gasteiger partial charge in [-0.05, 0) is 38.8 Å². The van der Waals surface area contributed by atoms with E-state index in [1.54, 1.807) is 7.11 Å². The highest BCUT2D eigenvalue weighted by molar-refractivity contribution is 5.87. The minimum absolute atomic E-state index is 0.0372. The Bertz CT molecular complexity index is 515. The van der Waals surface area contributed by atoms with Crippen LogP contribution in [0.3, 0.4) is 0 Å². The summed E-state index contributed by atoms with van der Waals surface area (Å²) in [6.45, 7) is 7.14. The maximum atomic E-state index is 12.2. The zero-order valence-corrected chi connectivity index (χ0v) is 14.4. The van der Waals surface area contributed by atoms with Gasteiger partial charge in [-0.3, -0.25) is 9.69 Å². The van der Waals surface area contributed by atoms with Gasteiger partial charge in [0.15, 0.2) is 0 Å². The van der Waals surface area contributed by atoms with Crippen molar-refractivity contribution in [3.05, 3.63) is 48.2 Å². The number of aryl methyl sites for hydroxylation is 1. The Morgan fingerprint density at radius 2 is 1.96 bits per heavy atom. The van der Waals surface area contributed by atoms with E-state index in [4.69, 9.17) is 4.74 Å². The van der Waals surface area contributed by atoms with Crippen molar-refractivity contribution in [3.63, 3.8) is 0 Å². The fraction of sp³-hybridized carbons (Fsp3) is 0.526. The van der Waals surface area contributed by atoms with Crippen molar-refractivity contribution < 1.29 is 9.53 Å². The first-order chi connectivity index (χ1) is 11.1. The van der Waals surface area contributed by atoms with E-state index in [0.717, 1.165) is 32.5 Å². The minimum Gasteiger partial charge on any atom is -0.504 e. The van der Waals surface area contributed by atoms with E-state index in [2.05, 4.69) is 49.1 Å². The van der Waals surface area contributed by atoms with Gasteiger partial charge in [0, 0.05) is 31.2 Å². The number of benzene rings is 1. The number of hydrogen-bond donors (Lipinski definition) is 0. The van der Waals surface area contributed by atoms with Gasteiger partial charge in [-0.1, -0.05) is 30.3 Å². The predicted octanol–water partition coefficient (Wildman–Crippen LogP) is 2.70. The molecule has 1 fully saturated rings. The molecular formula is C19H28N2O2. The van der Waals surface area contributed by atoms with Crippen LogP contribution in [0.1, 0.15) is 25.8 Å². The van der Waals surface area contributed by atoms with E-state index in [0.29, 0.717) is 6.04 Å². The van der Waals surface area contributed by atoms with Gasteiger partial charge in [0.05, 0.1) is 13.4 Å². The first kappa shape index (κ1) is 17.5. The molecule has 2 atom stereocenters. The lowest BCUT2D eigenvalue weighted by molar-refractivity contribution is -0.132. The van der Waals surface area contributed by atoms with E-state index in [1.165, 1.54) is 17.9 Å². The summed E-state index contributed by atoms with van der Waals surface area (Å²) in [5.74, 6) is 0.0372. The van der Waals surface area contributed by atoms with Crippen LogP contribution in [0.2, 0.25) is 0 Å². The van der Waals surface area contributed by atoms with E-state index >= 15 is 0 Å². The number of carbonyl (C=O) groups is 1. The molecule has 0 radical (unpaired) electrons. The van der Waals surface area contributed by atoms with Crippen LogP contribution in [0, 0.1) is 0 Å². The average molecular weight is 316 g/mol. The Labute approximate surface area is 139 Å². The first-order valence-electron chi connectivity index (χ1n) is 8.41. The number of ether oxygens (including phenoxy) is 1.